The van der Waals surface area contributed by atoms with Crippen LogP contribution in [0.25, 0.3) is 0 Å². The van der Waals surface area contributed by atoms with Gasteiger partial charge in [0.15, 0.2) is 0 Å². The van der Waals surface area contributed by atoms with Crippen LogP contribution in [0, 0.1) is 0 Å². The van der Waals surface area contributed by atoms with Crippen molar-refractivity contribution >= 4 is 20.4 Å². The van der Waals surface area contributed by atoms with Gasteiger partial charge in [0.2, 0.25) is 0 Å². The van der Waals surface area contributed by atoms with Gasteiger partial charge in [-0.2, -0.15) is 0 Å². The molecule has 0 bridgehead atoms. The standard InChI is InChI=1S/3CH2O.2ClH.Ru/c3*1-2;;;/h3*1H2;2*1H;/q;;;;;+2/p-2. The third-order valence-corrected chi connectivity index (χ3v) is 0. The maximum absolute atomic E-state index is 8.00. The molecule has 9 heavy (non-hydrogen) atoms. The average Bonchev–Trinajstić information content (AvgIpc) is 1.81. The molecule has 0 saturated carbocycles. The molecule has 0 aliphatic carbocycles. The molecule has 58 valence electrons. The molecular formula is C3H6Cl2O3Ru. The van der Waals surface area contributed by atoms with Crippen LogP contribution in [0.3, 0.4) is 0 Å². The number of hydrogen-bond acceptors (Lipinski definition) is 3. The summed E-state index contributed by atoms with van der Waals surface area (Å²) in [6, 6.07) is 0. The number of rotatable bonds is 0. The smallest absolute Gasteiger partial charge is 1.00 e. The SMILES string of the molecule is C=O.C=O.C=O.[Cl-].[Cl-].[Ru+2]. The van der Waals surface area contributed by atoms with Crippen molar-refractivity contribution in [2.24, 2.45) is 0 Å². The van der Waals surface area contributed by atoms with Crippen molar-refractivity contribution in [2.75, 3.05) is 0 Å². The van der Waals surface area contributed by atoms with Gasteiger partial charge in [0.1, 0.15) is 20.4 Å². The van der Waals surface area contributed by atoms with Gasteiger partial charge in [-0.25, -0.2) is 0 Å². The number of halogens is 2. The molecule has 6 heteroatoms. The van der Waals surface area contributed by atoms with Crippen molar-refractivity contribution in [1.82, 2.24) is 0 Å². The Morgan fingerprint density at radius 3 is 0.556 bits per heavy atom. The van der Waals surface area contributed by atoms with Crippen LogP contribution in [0.15, 0.2) is 0 Å². The zero-order valence-corrected chi connectivity index (χ0v) is 7.71. The normalized spacial score (nSPS) is 1.33. The first-order valence-corrected chi connectivity index (χ1v) is 0.866. The molecule has 0 amide bonds. The first-order chi connectivity index (χ1) is 3.00. The first kappa shape index (κ1) is 60.2. The number of hydrogen-bond donors (Lipinski definition) is 0. The van der Waals surface area contributed by atoms with Crippen LogP contribution in [-0.4, -0.2) is 20.4 Å². The predicted octanol–water partition coefficient (Wildman–Crippen LogP) is -6.55. The van der Waals surface area contributed by atoms with Gasteiger partial charge in [-0.1, -0.05) is 0 Å². The van der Waals surface area contributed by atoms with E-state index in [9.17, 15) is 0 Å². The monoisotopic (exact) mass is 262 g/mol. The fraction of sp³-hybridized carbons (Fsp3) is 0. The predicted molar refractivity (Wildman–Crippen MR) is 21.4 cm³/mol. The summed E-state index contributed by atoms with van der Waals surface area (Å²) in [7, 11) is 0. The number of carbonyl (C=O) groups excluding carboxylic acids is 3. The van der Waals surface area contributed by atoms with E-state index in [0.717, 1.165) is 0 Å². The maximum Gasteiger partial charge on any atom is 2.00 e. The molecule has 0 atom stereocenters. The Balaban J connectivity index is -0.00000000321. The van der Waals surface area contributed by atoms with E-state index in [1.54, 1.807) is 0 Å². The largest absolute Gasteiger partial charge is 2.00 e. The van der Waals surface area contributed by atoms with Crippen LogP contribution < -0.4 is 24.8 Å². The fourth-order valence-electron chi connectivity index (χ4n) is 0. The third kappa shape index (κ3) is 6960. The second-order valence-electron chi connectivity index (χ2n) is 0. The van der Waals surface area contributed by atoms with Crippen molar-refractivity contribution in [3.05, 3.63) is 0 Å². The van der Waals surface area contributed by atoms with Crippen molar-refractivity contribution in [1.29, 1.82) is 0 Å². The zero-order chi connectivity index (χ0) is 6.00. The van der Waals surface area contributed by atoms with E-state index in [1.165, 1.54) is 0 Å². The third-order valence-electron chi connectivity index (χ3n) is 0. The Hall–Kier alpha value is 0.213. The quantitative estimate of drug-likeness (QED) is 0.408. The summed E-state index contributed by atoms with van der Waals surface area (Å²) in [5, 5.41) is 0. The number of carbonyl (C=O) groups is 3. The van der Waals surface area contributed by atoms with Gasteiger partial charge in [-0.3, -0.25) is 0 Å². The minimum atomic E-state index is 0. The van der Waals surface area contributed by atoms with Crippen LogP contribution in [0.1, 0.15) is 0 Å². The topological polar surface area (TPSA) is 51.2 Å². The molecule has 0 aromatic heterocycles. The van der Waals surface area contributed by atoms with Crippen LogP contribution in [0.5, 0.6) is 0 Å². The molecule has 0 unspecified atom stereocenters. The summed E-state index contributed by atoms with van der Waals surface area (Å²) in [6.45, 7) is 6.00. The molecule has 0 N–H and O–H groups in total. The van der Waals surface area contributed by atoms with Gasteiger partial charge >= 0.3 is 19.5 Å². The molecular weight excluding hydrogens is 256 g/mol. The van der Waals surface area contributed by atoms with Crippen molar-refractivity contribution < 1.29 is 58.7 Å². The van der Waals surface area contributed by atoms with E-state index in [1.807, 2.05) is 20.4 Å². The van der Waals surface area contributed by atoms with Crippen molar-refractivity contribution in [2.45, 2.75) is 0 Å². The summed E-state index contributed by atoms with van der Waals surface area (Å²) >= 11 is 0. The summed E-state index contributed by atoms with van der Waals surface area (Å²) in [6.07, 6.45) is 0. The molecule has 0 aliphatic rings. The van der Waals surface area contributed by atoms with E-state index in [0.29, 0.717) is 0 Å². The van der Waals surface area contributed by atoms with Crippen LogP contribution in [0.4, 0.5) is 0 Å². The van der Waals surface area contributed by atoms with Crippen LogP contribution in [0.2, 0.25) is 0 Å². The van der Waals surface area contributed by atoms with Crippen molar-refractivity contribution in [3.63, 3.8) is 0 Å². The minimum absolute atomic E-state index is 0. The molecule has 0 aliphatic heterocycles. The fourth-order valence-corrected chi connectivity index (χ4v) is 0. The molecule has 0 aromatic rings. The zero-order valence-electron chi connectivity index (χ0n) is 4.46. The summed E-state index contributed by atoms with van der Waals surface area (Å²) in [5.41, 5.74) is 0. The molecule has 0 aromatic carbocycles. The Morgan fingerprint density at radius 2 is 0.556 bits per heavy atom. The van der Waals surface area contributed by atoms with Gasteiger partial charge in [0, 0.05) is 0 Å². The van der Waals surface area contributed by atoms with E-state index < -0.39 is 0 Å². The Bertz CT molecular complexity index is 21.8. The molecule has 0 rings (SSSR count). The van der Waals surface area contributed by atoms with Gasteiger partial charge in [-0.05, 0) is 0 Å². The van der Waals surface area contributed by atoms with E-state index in [2.05, 4.69) is 0 Å². The Morgan fingerprint density at radius 1 is 0.556 bits per heavy atom. The van der Waals surface area contributed by atoms with Gasteiger partial charge in [0.25, 0.3) is 0 Å². The summed E-state index contributed by atoms with van der Waals surface area (Å²) < 4.78 is 0. The molecule has 3 nitrogen and oxygen atoms in total. The summed E-state index contributed by atoms with van der Waals surface area (Å²) in [5.74, 6) is 0. The van der Waals surface area contributed by atoms with E-state index >= 15 is 0 Å². The molecule has 0 fully saturated rings. The Labute approximate surface area is 79.2 Å². The molecule has 0 saturated heterocycles. The van der Waals surface area contributed by atoms with E-state index in [-0.39, 0.29) is 44.3 Å². The second kappa shape index (κ2) is 9390. The van der Waals surface area contributed by atoms with Crippen LogP contribution in [-0.2, 0) is 33.9 Å². The van der Waals surface area contributed by atoms with Crippen LogP contribution >= 0.6 is 0 Å². The van der Waals surface area contributed by atoms with Gasteiger partial charge in [-0.15, -0.1) is 0 Å². The van der Waals surface area contributed by atoms with Crippen molar-refractivity contribution in [3.8, 4) is 0 Å². The minimum Gasteiger partial charge on any atom is -1.00 e. The van der Waals surface area contributed by atoms with E-state index in [4.69, 9.17) is 14.4 Å². The maximum atomic E-state index is 8.00. The molecule has 0 spiro atoms. The van der Waals surface area contributed by atoms with Gasteiger partial charge in [0.05, 0.1) is 0 Å². The average molecular weight is 262 g/mol. The first-order valence-electron chi connectivity index (χ1n) is 0.866. The molecule has 0 heterocycles. The summed E-state index contributed by atoms with van der Waals surface area (Å²) in [4.78, 5) is 24.0. The van der Waals surface area contributed by atoms with Gasteiger partial charge < -0.3 is 39.2 Å². The second-order valence-corrected chi connectivity index (χ2v) is 0. The molecule has 0 radical (unpaired) electrons. The Kier molecular flexibility index (Phi) is 62800.